The summed E-state index contributed by atoms with van der Waals surface area (Å²) in [4.78, 5) is 23.4. The highest BCUT2D eigenvalue weighted by atomic mass is 35.5. The fraction of sp³-hybridized carbons (Fsp3) is 0.417. The second-order valence-electron chi connectivity index (χ2n) is 8.13. The van der Waals surface area contributed by atoms with Gasteiger partial charge in [-0.15, -0.1) is 0 Å². The maximum atomic E-state index is 12.6. The molecule has 2 aromatic carbocycles. The molecule has 0 saturated carbocycles. The number of halogens is 1. The van der Waals surface area contributed by atoms with Gasteiger partial charge in [-0.2, -0.15) is 0 Å². The lowest BCUT2D eigenvalue weighted by atomic mass is 10.1. The summed E-state index contributed by atoms with van der Waals surface area (Å²) in [5, 5.41) is 4.12. The van der Waals surface area contributed by atoms with Gasteiger partial charge < -0.3 is 20.0 Å². The summed E-state index contributed by atoms with van der Waals surface area (Å²) in [7, 11) is 5.95. The number of piperazine rings is 1. The van der Waals surface area contributed by atoms with E-state index in [4.69, 9.17) is 11.6 Å². The Kier molecular flexibility index (Phi) is 8.32. The highest BCUT2D eigenvalue weighted by molar-refractivity contribution is 6.30. The minimum Gasteiger partial charge on any atom is -0.352 e. The Hall–Kier alpha value is -2.57. The predicted octanol–water partition coefficient (Wildman–Crippen LogP) is 2.86. The van der Waals surface area contributed by atoms with Crippen molar-refractivity contribution in [1.29, 1.82) is 0 Å². The number of amides is 1. The zero-order valence-electron chi connectivity index (χ0n) is 18.6. The summed E-state index contributed by atoms with van der Waals surface area (Å²) < 4.78 is 0. The summed E-state index contributed by atoms with van der Waals surface area (Å²) in [6.07, 6.45) is 0.386. The van der Waals surface area contributed by atoms with Crippen molar-refractivity contribution in [1.82, 2.24) is 20.0 Å². The van der Waals surface area contributed by atoms with E-state index in [-0.39, 0.29) is 5.91 Å². The summed E-state index contributed by atoms with van der Waals surface area (Å²) >= 11 is 6.03. The van der Waals surface area contributed by atoms with Crippen LogP contribution in [0.5, 0.6) is 0 Å². The quantitative estimate of drug-likeness (QED) is 0.553. The van der Waals surface area contributed by atoms with Gasteiger partial charge in [0, 0.05) is 51.3 Å². The van der Waals surface area contributed by atoms with Crippen molar-refractivity contribution < 1.29 is 4.79 Å². The van der Waals surface area contributed by atoms with E-state index < -0.39 is 0 Å². The lowest BCUT2D eigenvalue weighted by Gasteiger charge is -2.36. The van der Waals surface area contributed by atoms with Crippen molar-refractivity contribution >= 4 is 23.5 Å². The first-order chi connectivity index (χ1) is 14.9. The summed E-state index contributed by atoms with van der Waals surface area (Å²) in [6, 6.07) is 16.2. The molecular weight excluding hydrogens is 410 g/mol. The average Bonchev–Trinajstić information content (AvgIpc) is 2.75. The van der Waals surface area contributed by atoms with Gasteiger partial charge in [0.05, 0.1) is 6.42 Å². The van der Waals surface area contributed by atoms with E-state index in [1.165, 1.54) is 11.1 Å². The van der Waals surface area contributed by atoms with Crippen LogP contribution in [0.25, 0.3) is 0 Å². The molecule has 1 N–H and O–H groups in total. The van der Waals surface area contributed by atoms with Crippen LogP contribution in [0.1, 0.15) is 16.7 Å². The zero-order valence-corrected chi connectivity index (χ0v) is 19.4. The Balaban J connectivity index is 1.47. The van der Waals surface area contributed by atoms with Gasteiger partial charge in [0.15, 0.2) is 5.96 Å². The third-order valence-electron chi connectivity index (χ3n) is 5.36. The van der Waals surface area contributed by atoms with Crippen LogP contribution in [-0.2, 0) is 24.3 Å². The maximum absolute atomic E-state index is 12.6. The molecule has 1 amide bonds. The van der Waals surface area contributed by atoms with E-state index in [1.807, 2.05) is 29.2 Å². The smallest absolute Gasteiger partial charge is 0.227 e. The Labute approximate surface area is 190 Å². The minimum atomic E-state index is 0.141. The molecule has 1 aliphatic heterocycles. The average molecular weight is 442 g/mol. The molecule has 6 nitrogen and oxygen atoms in total. The topological polar surface area (TPSA) is 51.2 Å². The molecule has 0 spiro atoms. The molecular formula is C24H32ClN5O. The Morgan fingerprint density at radius 2 is 1.65 bits per heavy atom. The van der Waals surface area contributed by atoms with Crippen molar-refractivity contribution in [3.05, 3.63) is 70.2 Å². The molecule has 2 aromatic rings. The van der Waals surface area contributed by atoms with Crippen LogP contribution in [-0.4, -0.2) is 73.9 Å². The predicted molar refractivity (Wildman–Crippen MR) is 127 cm³/mol. The van der Waals surface area contributed by atoms with E-state index in [0.29, 0.717) is 24.5 Å². The number of carbonyl (C=O) groups is 1. The van der Waals surface area contributed by atoms with E-state index in [1.54, 1.807) is 7.05 Å². The van der Waals surface area contributed by atoms with Crippen molar-refractivity contribution in [3.8, 4) is 0 Å². The molecule has 0 atom stereocenters. The fourth-order valence-electron chi connectivity index (χ4n) is 3.74. The van der Waals surface area contributed by atoms with Gasteiger partial charge in [-0.25, -0.2) is 0 Å². The first-order valence-corrected chi connectivity index (χ1v) is 11.0. The van der Waals surface area contributed by atoms with Gasteiger partial charge in [-0.3, -0.25) is 9.79 Å². The molecule has 1 fully saturated rings. The lowest BCUT2D eigenvalue weighted by Crippen LogP contribution is -2.53. The largest absolute Gasteiger partial charge is 0.352 e. The monoisotopic (exact) mass is 441 g/mol. The van der Waals surface area contributed by atoms with Crippen LogP contribution in [0.15, 0.2) is 53.5 Å². The van der Waals surface area contributed by atoms with Crippen LogP contribution in [0.2, 0.25) is 5.02 Å². The molecule has 0 aromatic heterocycles. The van der Waals surface area contributed by atoms with Crippen LogP contribution in [0.3, 0.4) is 0 Å². The molecule has 0 radical (unpaired) electrons. The number of benzene rings is 2. The molecule has 166 valence electrons. The van der Waals surface area contributed by atoms with Crippen LogP contribution >= 0.6 is 11.6 Å². The van der Waals surface area contributed by atoms with E-state index in [0.717, 1.165) is 37.7 Å². The minimum absolute atomic E-state index is 0.141. The number of rotatable bonds is 6. The van der Waals surface area contributed by atoms with Gasteiger partial charge in [-0.05, 0) is 42.9 Å². The van der Waals surface area contributed by atoms with E-state index in [9.17, 15) is 4.79 Å². The third kappa shape index (κ3) is 6.97. The number of nitrogens with one attached hydrogen (secondary N) is 1. The SMILES string of the molecule is CN=C(NCc1ccc(CN(C)C)cc1)N1CCN(C(=O)Cc2cccc(Cl)c2)CC1. The van der Waals surface area contributed by atoms with Gasteiger partial charge in [0.2, 0.25) is 5.91 Å². The van der Waals surface area contributed by atoms with Crippen molar-refractivity contribution in [2.24, 2.45) is 4.99 Å². The lowest BCUT2D eigenvalue weighted by molar-refractivity contribution is -0.131. The van der Waals surface area contributed by atoms with Crippen LogP contribution in [0, 0.1) is 0 Å². The molecule has 7 heteroatoms. The van der Waals surface area contributed by atoms with Crippen LogP contribution < -0.4 is 5.32 Å². The standard InChI is InChI=1S/C24H32ClN5O/c1-26-24(27-17-19-7-9-20(10-8-19)18-28(2)3)30-13-11-29(12-14-30)23(31)16-21-5-4-6-22(25)15-21/h4-10,15H,11-14,16-18H2,1-3H3,(H,26,27). The maximum Gasteiger partial charge on any atom is 0.227 e. The highest BCUT2D eigenvalue weighted by Crippen LogP contribution is 2.13. The van der Waals surface area contributed by atoms with Crippen molar-refractivity contribution in [2.75, 3.05) is 47.3 Å². The highest BCUT2D eigenvalue weighted by Gasteiger charge is 2.23. The fourth-order valence-corrected chi connectivity index (χ4v) is 3.95. The molecule has 1 aliphatic rings. The zero-order chi connectivity index (χ0) is 22.2. The molecule has 31 heavy (non-hydrogen) atoms. The second-order valence-corrected chi connectivity index (χ2v) is 8.57. The number of aliphatic imine (C=N–C) groups is 1. The Morgan fingerprint density at radius 1 is 1.00 bits per heavy atom. The van der Waals surface area contributed by atoms with Crippen LogP contribution in [0.4, 0.5) is 0 Å². The first-order valence-electron chi connectivity index (χ1n) is 10.6. The van der Waals surface area contributed by atoms with Gasteiger partial charge in [-0.1, -0.05) is 48.0 Å². The van der Waals surface area contributed by atoms with Gasteiger partial charge >= 0.3 is 0 Å². The van der Waals surface area contributed by atoms with E-state index in [2.05, 4.69) is 58.5 Å². The van der Waals surface area contributed by atoms with Crippen molar-refractivity contribution in [3.63, 3.8) is 0 Å². The number of hydrogen-bond acceptors (Lipinski definition) is 3. The summed E-state index contributed by atoms with van der Waals surface area (Å²) in [5.74, 6) is 1.02. The summed E-state index contributed by atoms with van der Waals surface area (Å²) in [5.41, 5.74) is 3.48. The van der Waals surface area contributed by atoms with Crippen molar-refractivity contribution in [2.45, 2.75) is 19.5 Å². The number of carbonyl (C=O) groups excluding carboxylic acids is 1. The molecule has 3 rings (SSSR count). The third-order valence-corrected chi connectivity index (χ3v) is 5.60. The van der Waals surface area contributed by atoms with Gasteiger partial charge in [0.1, 0.15) is 0 Å². The number of guanidine groups is 1. The Morgan fingerprint density at radius 3 is 2.26 bits per heavy atom. The molecule has 1 heterocycles. The normalized spacial score (nSPS) is 14.8. The summed E-state index contributed by atoms with van der Waals surface area (Å²) in [6.45, 7) is 4.59. The Bertz CT molecular complexity index is 889. The first kappa shape index (κ1) is 23.1. The molecule has 1 saturated heterocycles. The second kappa shape index (κ2) is 11.2. The molecule has 0 bridgehead atoms. The molecule has 0 aliphatic carbocycles. The van der Waals surface area contributed by atoms with E-state index >= 15 is 0 Å². The van der Waals surface area contributed by atoms with Gasteiger partial charge in [0.25, 0.3) is 0 Å². The molecule has 0 unspecified atom stereocenters. The number of hydrogen-bond donors (Lipinski definition) is 1. The number of nitrogens with zero attached hydrogens (tertiary/aromatic N) is 4.